The van der Waals surface area contributed by atoms with E-state index >= 15 is 0 Å². The molecule has 3 amide bonds. The fourth-order valence-electron chi connectivity index (χ4n) is 3.95. The monoisotopic (exact) mass is 477 g/mol. The molecule has 0 atom stereocenters. The van der Waals surface area contributed by atoms with Crippen LogP contribution in [0, 0.1) is 13.8 Å². The molecule has 9 heteroatoms. The Morgan fingerprint density at radius 3 is 2.52 bits per heavy atom. The van der Waals surface area contributed by atoms with Crippen molar-refractivity contribution in [2.75, 3.05) is 19.6 Å². The van der Waals surface area contributed by atoms with E-state index in [-0.39, 0.29) is 12.5 Å². The topological polar surface area (TPSA) is 62.6 Å². The van der Waals surface area contributed by atoms with Gasteiger partial charge in [-0.3, -0.25) is 19.3 Å². The Hall–Kier alpha value is -2.22. The van der Waals surface area contributed by atoms with Gasteiger partial charge in [0.1, 0.15) is 6.54 Å². The molecule has 0 aliphatic carbocycles. The number of amides is 3. The Kier molecular flexibility index (Phi) is 6.19. The Labute approximate surface area is 194 Å². The number of thioether (sulfide) groups is 1. The SMILES string of the molecule is Cc1cc(C=C2SC(=O)N(CC(=O)N3CCCC3)C2=O)c(C)n1-c1ccc(Cl)cc1Cl. The van der Waals surface area contributed by atoms with Gasteiger partial charge in [0.25, 0.3) is 11.1 Å². The number of hydrogen-bond acceptors (Lipinski definition) is 4. The van der Waals surface area contributed by atoms with Crippen molar-refractivity contribution in [3.8, 4) is 5.69 Å². The van der Waals surface area contributed by atoms with Gasteiger partial charge in [0, 0.05) is 29.5 Å². The molecule has 0 N–H and O–H groups in total. The number of nitrogens with zero attached hydrogens (tertiary/aromatic N) is 3. The third-order valence-corrected chi connectivity index (χ3v) is 6.98. The summed E-state index contributed by atoms with van der Waals surface area (Å²) in [4.78, 5) is 40.7. The second-order valence-corrected chi connectivity index (χ2v) is 9.45. The lowest BCUT2D eigenvalue weighted by atomic mass is 10.2. The van der Waals surface area contributed by atoms with E-state index in [1.165, 1.54) is 0 Å². The molecule has 4 rings (SSSR count). The molecule has 2 fully saturated rings. The second kappa shape index (κ2) is 8.73. The maximum atomic E-state index is 12.8. The number of halogens is 2. The predicted molar refractivity (Wildman–Crippen MR) is 124 cm³/mol. The van der Waals surface area contributed by atoms with Crippen LogP contribution in [0.4, 0.5) is 4.79 Å². The van der Waals surface area contributed by atoms with Gasteiger partial charge in [-0.1, -0.05) is 23.2 Å². The zero-order valence-electron chi connectivity index (χ0n) is 17.2. The van der Waals surface area contributed by atoms with Gasteiger partial charge < -0.3 is 9.47 Å². The summed E-state index contributed by atoms with van der Waals surface area (Å²) in [6.07, 6.45) is 3.62. The number of hydrogen-bond donors (Lipinski definition) is 0. The van der Waals surface area contributed by atoms with E-state index < -0.39 is 11.1 Å². The Morgan fingerprint density at radius 2 is 1.84 bits per heavy atom. The van der Waals surface area contributed by atoms with Crippen LogP contribution < -0.4 is 0 Å². The first-order valence-electron chi connectivity index (χ1n) is 9.94. The first kappa shape index (κ1) is 22.0. The zero-order valence-corrected chi connectivity index (χ0v) is 19.5. The molecule has 6 nitrogen and oxygen atoms in total. The number of rotatable bonds is 4. The molecule has 2 aromatic rings. The first-order chi connectivity index (χ1) is 14.8. The summed E-state index contributed by atoms with van der Waals surface area (Å²) in [6.45, 7) is 5.02. The first-order valence-corrected chi connectivity index (χ1v) is 11.5. The third-order valence-electron chi connectivity index (χ3n) is 5.53. The van der Waals surface area contributed by atoms with Crippen molar-refractivity contribution in [3.05, 3.63) is 56.2 Å². The van der Waals surface area contributed by atoms with E-state index in [2.05, 4.69) is 0 Å². The minimum absolute atomic E-state index is 0.184. The molecule has 2 saturated heterocycles. The lowest BCUT2D eigenvalue weighted by molar-refractivity contribution is -0.135. The van der Waals surface area contributed by atoms with Gasteiger partial charge in [-0.05, 0) is 74.4 Å². The van der Waals surface area contributed by atoms with Crippen LogP contribution in [0.25, 0.3) is 11.8 Å². The number of aryl methyl sites for hydroxylation is 1. The largest absolute Gasteiger partial charge is 0.341 e. The van der Waals surface area contributed by atoms with Crippen LogP contribution in [-0.2, 0) is 9.59 Å². The van der Waals surface area contributed by atoms with Crippen LogP contribution in [-0.4, -0.2) is 51.1 Å². The normalized spacial score (nSPS) is 18.0. The molecule has 1 aromatic heterocycles. The van der Waals surface area contributed by atoms with Crippen molar-refractivity contribution in [1.82, 2.24) is 14.4 Å². The predicted octanol–water partition coefficient (Wildman–Crippen LogP) is 5.06. The lowest BCUT2D eigenvalue weighted by Gasteiger charge is -2.18. The quantitative estimate of drug-likeness (QED) is 0.577. The zero-order chi connectivity index (χ0) is 22.3. The minimum Gasteiger partial charge on any atom is -0.341 e. The second-order valence-electron chi connectivity index (χ2n) is 7.61. The Bertz CT molecular complexity index is 1120. The van der Waals surface area contributed by atoms with Crippen molar-refractivity contribution in [3.63, 3.8) is 0 Å². The van der Waals surface area contributed by atoms with Gasteiger partial charge in [0.2, 0.25) is 5.91 Å². The number of likely N-dealkylation sites (tertiary alicyclic amines) is 1. The summed E-state index contributed by atoms with van der Waals surface area (Å²) in [5.41, 5.74) is 3.39. The van der Waals surface area contributed by atoms with E-state index in [9.17, 15) is 14.4 Å². The van der Waals surface area contributed by atoms with Crippen LogP contribution in [0.3, 0.4) is 0 Å². The third kappa shape index (κ3) is 4.27. The fourth-order valence-corrected chi connectivity index (χ4v) is 5.27. The maximum absolute atomic E-state index is 12.8. The smallest absolute Gasteiger partial charge is 0.294 e. The molecule has 2 aliphatic rings. The summed E-state index contributed by atoms with van der Waals surface area (Å²) in [6, 6.07) is 7.22. The van der Waals surface area contributed by atoms with E-state index in [1.807, 2.05) is 30.5 Å². The van der Waals surface area contributed by atoms with Crippen molar-refractivity contribution in [1.29, 1.82) is 0 Å². The molecule has 162 valence electrons. The van der Waals surface area contributed by atoms with Crippen LogP contribution in [0.2, 0.25) is 10.0 Å². The minimum atomic E-state index is -0.433. The number of aromatic nitrogens is 1. The van der Waals surface area contributed by atoms with Crippen molar-refractivity contribution < 1.29 is 14.4 Å². The highest BCUT2D eigenvalue weighted by Crippen LogP contribution is 2.35. The maximum Gasteiger partial charge on any atom is 0.294 e. The van der Waals surface area contributed by atoms with E-state index in [4.69, 9.17) is 23.2 Å². The summed E-state index contributed by atoms with van der Waals surface area (Å²) in [5.74, 6) is -0.617. The van der Waals surface area contributed by atoms with Gasteiger partial charge in [-0.25, -0.2) is 0 Å². The molecular formula is C22H21Cl2N3O3S. The summed E-state index contributed by atoms with van der Waals surface area (Å²) in [7, 11) is 0. The molecule has 0 saturated carbocycles. The molecular weight excluding hydrogens is 457 g/mol. The van der Waals surface area contributed by atoms with Crippen molar-refractivity contribution >= 4 is 58.1 Å². The molecule has 0 bridgehead atoms. The highest BCUT2D eigenvalue weighted by Gasteiger charge is 2.37. The molecule has 31 heavy (non-hydrogen) atoms. The van der Waals surface area contributed by atoms with Gasteiger partial charge in [0.05, 0.1) is 15.6 Å². The Morgan fingerprint density at radius 1 is 1.13 bits per heavy atom. The molecule has 0 spiro atoms. The number of carbonyl (C=O) groups excluding carboxylic acids is 3. The van der Waals surface area contributed by atoms with Gasteiger partial charge in [0.15, 0.2) is 0 Å². The summed E-state index contributed by atoms with van der Waals surface area (Å²) < 4.78 is 1.98. The van der Waals surface area contributed by atoms with Crippen LogP contribution in [0.15, 0.2) is 29.2 Å². The van der Waals surface area contributed by atoms with Gasteiger partial charge in [-0.15, -0.1) is 0 Å². The van der Waals surface area contributed by atoms with Crippen LogP contribution >= 0.6 is 35.0 Å². The average Bonchev–Trinajstić information content (AvgIpc) is 3.40. The lowest BCUT2D eigenvalue weighted by Crippen LogP contribution is -2.40. The van der Waals surface area contributed by atoms with E-state index in [1.54, 1.807) is 23.1 Å². The average molecular weight is 478 g/mol. The molecule has 1 aromatic carbocycles. The fraction of sp³-hybridized carbons (Fsp3) is 0.318. The summed E-state index contributed by atoms with van der Waals surface area (Å²) >= 11 is 13.3. The van der Waals surface area contributed by atoms with Crippen molar-refractivity contribution in [2.24, 2.45) is 0 Å². The molecule has 2 aliphatic heterocycles. The van der Waals surface area contributed by atoms with Crippen molar-refractivity contribution in [2.45, 2.75) is 26.7 Å². The molecule has 3 heterocycles. The van der Waals surface area contributed by atoms with Crippen LogP contribution in [0.5, 0.6) is 0 Å². The highest BCUT2D eigenvalue weighted by atomic mass is 35.5. The van der Waals surface area contributed by atoms with E-state index in [0.29, 0.717) is 28.0 Å². The van der Waals surface area contributed by atoms with Gasteiger partial charge >= 0.3 is 0 Å². The van der Waals surface area contributed by atoms with Gasteiger partial charge in [-0.2, -0.15) is 0 Å². The number of imide groups is 1. The number of benzene rings is 1. The molecule has 0 unspecified atom stereocenters. The highest BCUT2D eigenvalue weighted by molar-refractivity contribution is 8.18. The molecule has 0 radical (unpaired) electrons. The number of carbonyl (C=O) groups is 3. The summed E-state index contributed by atoms with van der Waals surface area (Å²) in [5, 5.41) is 0.647. The standard InChI is InChI=1S/C22H21Cl2N3O3S/c1-13-9-15(14(2)27(13)18-6-5-16(23)11-17(18)24)10-19-21(29)26(22(30)31-19)12-20(28)25-7-3-4-8-25/h5-6,9-11H,3-4,7-8,12H2,1-2H3. The van der Waals surface area contributed by atoms with E-state index in [0.717, 1.165) is 52.1 Å². The van der Waals surface area contributed by atoms with Crippen LogP contribution in [0.1, 0.15) is 29.8 Å². The Balaban J connectivity index is 1.60.